The molecule has 35 heavy (non-hydrogen) atoms. The number of benzene rings is 2. The second-order valence-corrected chi connectivity index (χ2v) is 8.20. The molecule has 1 N–H and O–H groups in total. The number of esters is 1. The molecule has 2 heterocycles. The van der Waals surface area contributed by atoms with Gasteiger partial charge in [-0.2, -0.15) is 0 Å². The Kier molecular flexibility index (Phi) is 6.78. The first-order valence-corrected chi connectivity index (χ1v) is 10.9. The smallest absolute Gasteiger partial charge is 0.337 e. The number of nitrogens with one attached hydrogen (secondary N) is 1. The summed E-state index contributed by atoms with van der Waals surface area (Å²) in [5, 5.41) is 1.52. The van der Waals surface area contributed by atoms with E-state index in [2.05, 4.69) is 10.1 Å². The van der Waals surface area contributed by atoms with E-state index in [0.29, 0.717) is 45.4 Å². The summed E-state index contributed by atoms with van der Waals surface area (Å²) in [5.41, 5.74) is 0.777. The zero-order chi connectivity index (χ0) is 25.1. The maximum atomic E-state index is 13.7. The Labute approximate surface area is 201 Å². The fourth-order valence-corrected chi connectivity index (χ4v) is 3.98. The third-order valence-electron chi connectivity index (χ3n) is 4.87. The van der Waals surface area contributed by atoms with Gasteiger partial charge in [0.05, 0.1) is 23.3 Å². The molecular formula is C24H16F2N2O6S. The van der Waals surface area contributed by atoms with E-state index in [0.717, 1.165) is 12.1 Å². The van der Waals surface area contributed by atoms with E-state index in [4.69, 9.17) is 4.42 Å². The number of anilines is 1. The van der Waals surface area contributed by atoms with Gasteiger partial charge in [0.1, 0.15) is 29.7 Å². The molecule has 1 aromatic heterocycles. The van der Waals surface area contributed by atoms with Crippen molar-refractivity contribution in [3.8, 4) is 11.3 Å². The van der Waals surface area contributed by atoms with Crippen LogP contribution in [0.4, 0.5) is 19.3 Å². The molecule has 2 aromatic carbocycles. The Hall–Kier alpha value is -4.25. The van der Waals surface area contributed by atoms with Crippen LogP contribution in [0.3, 0.4) is 0 Å². The second kappa shape index (κ2) is 9.94. The predicted molar refractivity (Wildman–Crippen MR) is 123 cm³/mol. The van der Waals surface area contributed by atoms with Crippen LogP contribution in [0.5, 0.6) is 0 Å². The predicted octanol–water partition coefficient (Wildman–Crippen LogP) is 4.69. The van der Waals surface area contributed by atoms with Crippen molar-refractivity contribution >= 4 is 46.5 Å². The van der Waals surface area contributed by atoms with E-state index in [9.17, 15) is 28.0 Å². The monoisotopic (exact) mass is 498 g/mol. The summed E-state index contributed by atoms with van der Waals surface area (Å²) >= 11 is 0.626. The number of nitrogens with zero attached hydrogens (tertiary/aromatic N) is 1. The third kappa shape index (κ3) is 5.30. The number of thioether (sulfide) groups is 1. The Bertz CT molecular complexity index is 1370. The molecule has 4 rings (SSSR count). The van der Waals surface area contributed by atoms with Crippen LogP contribution in [0.15, 0.2) is 63.9 Å². The van der Waals surface area contributed by atoms with Gasteiger partial charge in [-0.25, -0.2) is 13.6 Å². The number of carbonyl (C=O) groups excluding carboxylic acids is 4. The molecule has 0 radical (unpaired) electrons. The van der Waals surface area contributed by atoms with E-state index in [-0.39, 0.29) is 10.6 Å². The fraction of sp³-hybridized carbons (Fsp3) is 0.0833. The summed E-state index contributed by atoms with van der Waals surface area (Å²) in [7, 11) is 1.29. The SMILES string of the molecule is COC(=O)c1ccc(-c2ccc(/C=C3/SC(=O)N(CC(=O)Nc4ccc(F)cc4F)C3=O)o2)cc1. The molecule has 11 heteroatoms. The maximum Gasteiger partial charge on any atom is 0.337 e. The Morgan fingerprint density at radius 3 is 2.51 bits per heavy atom. The lowest BCUT2D eigenvalue weighted by molar-refractivity contribution is -0.127. The summed E-state index contributed by atoms with van der Waals surface area (Å²) in [5.74, 6) is -3.04. The van der Waals surface area contributed by atoms with Gasteiger partial charge in [0, 0.05) is 17.7 Å². The zero-order valence-electron chi connectivity index (χ0n) is 18.0. The fourth-order valence-electron chi connectivity index (χ4n) is 3.16. The van der Waals surface area contributed by atoms with Crippen molar-refractivity contribution in [1.29, 1.82) is 0 Å². The minimum atomic E-state index is -0.985. The van der Waals surface area contributed by atoms with Crippen LogP contribution in [-0.2, 0) is 14.3 Å². The van der Waals surface area contributed by atoms with E-state index < -0.39 is 41.2 Å². The van der Waals surface area contributed by atoms with Gasteiger partial charge in [0.25, 0.3) is 11.1 Å². The summed E-state index contributed by atoms with van der Waals surface area (Å²) in [6.07, 6.45) is 1.37. The van der Waals surface area contributed by atoms with Crippen molar-refractivity contribution in [3.63, 3.8) is 0 Å². The largest absolute Gasteiger partial charge is 0.465 e. The number of carbonyl (C=O) groups is 4. The molecule has 1 saturated heterocycles. The van der Waals surface area contributed by atoms with E-state index in [1.807, 2.05) is 0 Å². The Balaban J connectivity index is 1.44. The lowest BCUT2D eigenvalue weighted by Crippen LogP contribution is -2.36. The van der Waals surface area contributed by atoms with E-state index in [1.54, 1.807) is 36.4 Å². The van der Waals surface area contributed by atoms with Gasteiger partial charge < -0.3 is 14.5 Å². The van der Waals surface area contributed by atoms with Crippen LogP contribution in [0.25, 0.3) is 17.4 Å². The molecule has 1 aliphatic heterocycles. The number of amides is 3. The number of hydrogen-bond acceptors (Lipinski definition) is 7. The van der Waals surface area contributed by atoms with E-state index in [1.165, 1.54) is 13.2 Å². The molecule has 1 fully saturated rings. The van der Waals surface area contributed by atoms with Crippen molar-refractivity contribution < 1.29 is 37.1 Å². The zero-order valence-corrected chi connectivity index (χ0v) is 18.9. The number of furan rings is 1. The molecule has 3 amide bonds. The van der Waals surface area contributed by atoms with Crippen LogP contribution in [0.1, 0.15) is 16.1 Å². The van der Waals surface area contributed by atoms with Crippen molar-refractivity contribution in [2.45, 2.75) is 0 Å². The van der Waals surface area contributed by atoms with Crippen LogP contribution in [0.2, 0.25) is 0 Å². The Morgan fingerprint density at radius 2 is 1.83 bits per heavy atom. The van der Waals surface area contributed by atoms with Crippen molar-refractivity contribution in [1.82, 2.24) is 4.90 Å². The maximum absolute atomic E-state index is 13.7. The summed E-state index contributed by atoms with van der Waals surface area (Å²) in [6, 6.07) is 12.4. The molecular weight excluding hydrogens is 482 g/mol. The van der Waals surface area contributed by atoms with Crippen LogP contribution in [-0.4, -0.2) is 41.6 Å². The molecule has 0 spiro atoms. The average Bonchev–Trinajstić information content (AvgIpc) is 3.41. The molecule has 8 nitrogen and oxygen atoms in total. The van der Waals surface area contributed by atoms with Gasteiger partial charge in [-0.3, -0.25) is 19.3 Å². The standard InChI is InChI=1S/C24H16F2N2O6S/c1-33-23(31)14-4-2-13(3-5-14)19-9-7-16(34-19)11-20-22(30)28(24(32)35-20)12-21(29)27-18-8-6-15(25)10-17(18)26/h2-11H,12H2,1H3,(H,27,29)/b20-11+. The normalized spacial score (nSPS) is 14.5. The molecule has 0 bridgehead atoms. The van der Waals surface area contributed by atoms with Crippen molar-refractivity contribution in [3.05, 3.63) is 82.5 Å². The number of hydrogen-bond donors (Lipinski definition) is 1. The van der Waals surface area contributed by atoms with Gasteiger partial charge in [0.2, 0.25) is 5.91 Å². The molecule has 0 unspecified atom stereocenters. The number of ether oxygens (including phenoxy) is 1. The number of imide groups is 1. The van der Waals surface area contributed by atoms with Crippen molar-refractivity contribution in [2.75, 3.05) is 19.0 Å². The van der Waals surface area contributed by atoms with Crippen LogP contribution >= 0.6 is 11.8 Å². The molecule has 0 saturated carbocycles. The van der Waals surface area contributed by atoms with Gasteiger partial charge in [-0.05, 0) is 48.2 Å². The Morgan fingerprint density at radius 1 is 1.09 bits per heavy atom. The van der Waals surface area contributed by atoms with E-state index >= 15 is 0 Å². The summed E-state index contributed by atoms with van der Waals surface area (Å²) in [6.45, 7) is -0.644. The van der Waals surface area contributed by atoms with Gasteiger partial charge in [0.15, 0.2) is 0 Å². The van der Waals surface area contributed by atoms with Crippen LogP contribution < -0.4 is 5.32 Å². The molecule has 178 valence electrons. The highest BCUT2D eigenvalue weighted by Crippen LogP contribution is 2.33. The quantitative estimate of drug-likeness (QED) is 0.388. The molecule has 0 aliphatic carbocycles. The highest BCUT2D eigenvalue weighted by atomic mass is 32.2. The second-order valence-electron chi connectivity index (χ2n) is 7.21. The van der Waals surface area contributed by atoms with Crippen LogP contribution in [0, 0.1) is 11.6 Å². The van der Waals surface area contributed by atoms with Gasteiger partial charge in [-0.15, -0.1) is 0 Å². The number of methoxy groups -OCH3 is 1. The highest BCUT2D eigenvalue weighted by molar-refractivity contribution is 8.18. The molecule has 1 aliphatic rings. The molecule has 0 atom stereocenters. The van der Waals surface area contributed by atoms with Gasteiger partial charge >= 0.3 is 5.97 Å². The molecule has 3 aromatic rings. The van der Waals surface area contributed by atoms with Crippen molar-refractivity contribution in [2.24, 2.45) is 0 Å². The minimum Gasteiger partial charge on any atom is -0.465 e. The lowest BCUT2D eigenvalue weighted by Gasteiger charge is -2.12. The number of rotatable bonds is 6. The first-order valence-electron chi connectivity index (χ1n) is 10.0. The third-order valence-corrected chi connectivity index (χ3v) is 5.78. The number of halogens is 2. The first-order chi connectivity index (χ1) is 16.7. The highest BCUT2D eigenvalue weighted by Gasteiger charge is 2.36. The average molecular weight is 498 g/mol. The topological polar surface area (TPSA) is 106 Å². The summed E-state index contributed by atoms with van der Waals surface area (Å²) in [4.78, 5) is 49.4. The first kappa shape index (κ1) is 23.9. The van der Waals surface area contributed by atoms with Gasteiger partial charge in [-0.1, -0.05) is 12.1 Å². The summed E-state index contributed by atoms with van der Waals surface area (Å²) < 4.78 is 37.1. The minimum absolute atomic E-state index is 0.0395. The lowest BCUT2D eigenvalue weighted by atomic mass is 10.1.